The van der Waals surface area contributed by atoms with Gasteiger partial charge in [-0.1, -0.05) is 11.2 Å². The minimum atomic E-state index is -0.349. The zero-order valence-corrected chi connectivity index (χ0v) is 10.7. The number of morpholine rings is 1. The highest BCUT2D eigenvalue weighted by Gasteiger charge is 2.22. The molecule has 1 unspecified atom stereocenters. The molecule has 2 heterocycles. The van der Waals surface area contributed by atoms with Gasteiger partial charge < -0.3 is 19.3 Å². The van der Waals surface area contributed by atoms with E-state index in [4.69, 9.17) is 14.0 Å². The summed E-state index contributed by atoms with van der Waals surface area (Å²) in [6.07, 6.45) is -0.223. The van der Waals surface area contributed by atoms with Crippen molar-refractivity contribution in [3.63, 3.8) is 0 Å². The van der Waals surface area contributed by atoms with E-state index in [9.17, 15) is 4.39 Å². The van der Waals surface area contributed by atoms with Crippen LogP contribution < -0.4 is 10.1 Å². The first-order valence-electron chi connectivity index (χ1n) is 6.34. The molecular weight excluding hydrogens is 265 g/mol. The summed E-state index contributed by atoms with van der Waals surface area (Å²) in [7, 11) is 0. The molecule has 2 aromatic rings. The van der Waals surface area contributed by atoms with Crippen molar-refractivity contribution in [2.24, 2.45) is 0 Å². The number of aromatic nitrogens is 2. The average molecular weight is 279 g/mol. The van der Waals surface area contributed by atoms with Crippen molar-refractivity contribution in [2.75, 3.05) is 19.7 Å². The normalized spacial score (nSPS) is 18.9. The number of halogens is 1. The van der Waals surface area contributed by atoms with E-state index in [1.807, 2.05) is 0 Å². The van der Waals surface area contributed by atoms with Crippen LogP contribution in [0.5, 0.6) is 5.75 Å². The maximum Gasteiger partial charge on any atom is 0.257 e. The molecule has 6 nitrogen and oxygen atoms in total. The molecule has 1 atom stereocenters. The van der Waals surface area contributed by atoms with Crippen LogP contribution in [0, 0.1) is 5.82 Å². The predicted octanol–water partition coefficient (Wildman–Crippen LogP) is 1.45. The fourth-order valence-electron chi connectivity index (χ4n) is 1.89. The molecule has 0 aliphatic carbocycles. The molecule has 1 aliphatic heterocycles. The van der Waals surface area contributed by atoms with Gasteiger partial charge in [-0.15, -0.1) is 0 Å². The Morgan fingerprint density at radius 1 is 1.45 bits per heavy atom. The van der Waals surface area contributed by atoms with Crippen molar-refractivity contribution >= 4 is 0 Å². The lowest BCUT2D eigenvalue weighted by Gasteiger charge is -2.19. The second kappa shape index (κ2) is 5.98. The standard InChI is InChI=1S/C13H14FN3O3/c14-9-2-1-3-10(6-9)19-8-12-16-13(20-17-12)11-7-15-4-5-18-11/h1-3,6,11,15H,4-5,7-8H2. The molecule has 1 fully saturated rings. The lowest BCUT2D eigenvalue weighted by Crippen LogP contribution is -2.33. The maximum absolute atomic E-state index is 13.0. The van der Waals surface area contributed by atoms with Crippen LogP contribution in [0.2, 0.25) is 0 Å². The van der Waals surface area contributed by atoms with Crippen molar-refractivity contribution in [1.29, 1.82) is 0 Å². The molecule has 1 saturated heterocycles. The van der Waals surface area contributed by atoms with Crippen LogP contribution in [0.15, 0.2) is 28.8 Å². The highest BCUT2D eigenvalue weighted by molar-refractivity contribution is 5.22. The first kappa shape index (κ1) is 13.0. The topological polar surface area (TPSA) is 69.4 Å². The molecule has 1 N–H and O–H groups in total. The summed E-state index contributed by atoms with van der Waals surface area (Å²) in [6.45, 7) is 2.20. The molecule has 7 heteroatoms. The van der Waals surface area contributed by atoms with Gasteiger partial charge in [0.15, 0.2) is 6.61 Å². The Morgan fingerprint density at radius 3 is 3.20 bits per heavy atom. The third-order valence-electron chi connectivity index (χ3n) is 2.85. The van der Waals surface area contributed by atoms with Gasteiger partial charge in [0, 0.05) is 19.2 Å². The Labute approximate surface area is 114 Å². The molecule has 106 valence electrons. The zero-order chi connectivity index (χ0) is 13.8. The lowest BCUT2D eigenvalue weighted by atomic mass is 10.3. The summed E-state index contributed by atoms with van der Waals surface area (Å²) in [5.41, 5.74) is 0. The molecule has 1 aromatic heterocycles. The molecule has 3 rings (SSSR count). The first-order valence-corrected chi connectivity index (χ1v) is 6.34. The van der Waals surface area contributed by atoms with Gasteiger partial charge in [0.25, 0.3) is 5.89 Å². The van der Waals surface area contributed by atoms with E-state index in [0.29, 0.717) is 30.6 Å². The summed E-state index contributed by atoms with van der Waals surface area (Å²) >= 11 is 0. The minimum Gasteiger partial charge on any atom is -0.485 e. The van der Waals surface area contributed by atoms with Crippen molar-refractivity contribution in [1.82, 2.24) is 15.5 Å². The number of ether oxygens (including phenoxy) is 2. The second-order valence-electron chi connectivity index (χ2n) is 4.36. The van der Waals surface area contributed by atoms with Crippen LogP contribution in [0.3, 0.4) is 0 Å². The Balaban J connectivity index is 1.59. The van der Waals surface area contributed by atoms with Gasteiger partial charge in [-0.25, -0.2) is 4.39 Å². The molecule has 0 saturated carbocycles. The molecule has 20 heavy (non-hydrogen) atoms. The van der Waals surface area contributed by atoms with Gasteiger partial charge >= 0.3 is 0 Å². The quantitative estimate of drug-likeness (QED) is 0.913. The molecule has 0 spiro atoms. The van der Waals surface area contributed by atoms with Crippen LogP contribution in [-0.2, 0) is 11.3 Å². The van der Waals surface area contributed by atoms with Crippen molar-refractivity contribution in [2.45, 2.75) is 12.7 Å². The van der Waals surface area contributed by atoms with Gasteiger partial charge in [-0.05, 0) is 12.1 Å². The van der Waals surface area contributed by atoms with E-state index >= 15 is 0 Å². The first-order chi connectivity index (χ1) is 9.81. The minimum absolute atomic E-state index is 0.118. The Hall–Kier alpha value is -1.99. The lowest BCUT2D eigenvalue weighted by molar-refractivity contribution is 0.00755. The molecule has 1 aromatic carbocycles. The SMILES string of the molecule is Fc1cccc(OCc2noc(C3CNCCO3)n2)c1. The summed E-state index contributed by atoms with van der Waals surface area (Å²) < 4.78 is 29.0. The van der Waals surface area contributed by atoms with Crippen molar-refractivity contribution < 1.29 is 18.4 Å². The monoisotopic (exact) mass is 279 g/mol. The zero-order valence-electron chi connectivity index (χ0n) is 10.7. The van der Waals surface area contributed by atoms with Gasteiger partial charge in [0.2, 0.25) is 5.82 Å². The maximum atomic E-state index is 13.0. The van der Waals surface area contributed by atoms with Crippen LogP contribution in [0.25, 0.3) is 0 Å². The summed E-state index contributed by atoms with van der Waals surface area (Å²) in [5.74, 6) is 0.901. The van der Waals surface area contributed by atoms with Gasteiger partial charge in [-0.3, -0.25) is 0 Å². The van der Waals surface area contributed by atoms with Crippen LogP contribution >= 0.6 is 0 Å². The molecule has 0 amide bonds. The van der Waals surface area contributed by atoms with Crippen LogP contribution in [0.1, 0.15) is 17.8 Å². The highest BCUT2D eigenvalue weighted by Crippen LogP contribution is 2.17. The van der Waals surface area contributed by atoms with Crippen LogP contribution in [0.4, 0.5) is 4.39 Å². The fraction of sp³-hybridized carbons (Fsp3) is 0.385. The smallest absolute Gasteiger partial charge is 0.257 e. The molecule has 0 radical (unpaired) electrons. The summed E-state index contributed by atoms with van der Waals surface area (Å²) in [6, 6.07) is 5.90. The number of hydrogen-bond acceptors (Lipinski definition) is 6. The van der Waals surface area contributed by atoms with E-state index in [1.165, 1.54) is 12.1 Å². The Kier molecular flexibility index (Phi) is 3.89. The van der Waals surface area contributed by atoms with Crippen molar-refractivity contribution in [3.05, 3.63) is 41.8 Å². The van der Waals surface area contributed by atoms with E-state index in [1.54, 1.807) is 12.1 Å². The van der Waals surface area contributed by atoms with Crippen LogP contribution in [-0.4, -0.2) is 29.8 Å². The third kappa shape index (κ3) is 3.12. The third-order valence-corrected chi connectivity index (χ3v) is 2.85. The van der Waals surface area contributed by atoms with Gasteiger partial charge in [-0.2, -0.15) is 4.98 Å². The summed E-state index contributed by atoms with van der Waals surface area (Å²) in [4.78, 5) is 4.21. The Morgan fingerprint density at radius 2 is 2.40 bits per heavy atom. The van der Waals surface area contributed by atoms with E-state index in [0.717, 1.165) is 6.54 Å². The molecule has 0 bridgehead atoms. The molecule has 1 aliphatic rings. The average Bonchev–Trinajstić information content (AvgIpc) is 2.95. The van der Waals surface area contributed by atoms with E-state index < -0.39 is 0 Å². The molecular formula is C13H14FN3O3. The highest BCUT2D eigenvalue weighted by atomic mass is 19.1. The number of benzene rings is 1. The van der Waals surface area contributed by atoms with Gasteiger partial charge in [0.05, 0.1) is 6.61 Å². The largest absolute Gasteiger partial charge is 0.485 e. The Bertz CT molecular complexity index is 569. The number of rotatable bonds is 4. The number of nitrogens with one attached hydrogen (secondary N) is 1. The number of hydrogen-bond donors (Lipinski definition) is 1. The van der Waals surface area contributed by atoms with E-state index in [-0.39, 0.29) is 18.5 Å². The fourth-order valence-corrected chi connectivity index (χ4v) is 1.89. The van der Waals surface area contributed by atoms with Crippen molar-refractivity contribution in [3.8, 4) is 5.75 Å². The van der Waals surface area contributed by atoms with Gasteiger partial charge in [0.1, 0.15) is 17.7 Å². The van der Waals surface area contributed by atoms with E-state index in [2.05, 4.69) is 15.5 Å². The summed E-state index contributed by atoms with van der Waals surface area (Å²) in [5, 5.41) is 7.00. The number of nitrogens with zero attached hydrogens (tertiary/aromatic N) is 2. The predicted molar refractivity (Wildman–Crippen MR) is 66.6 cm³/mol. The second-order valence-corrected chi connectivity index (χ2v) is 4.36.